The van der Waals surface area contributed by atoms with Crippen LogP contribution >= 0.6 is 12.2 Å². The van der Waals surface area contributed by atoms with Gasteiger partial charge in [0.1, 0.15) is 5.92 Å². The molecule has 0 N–H and O–H groups in total. The minimum absolute atomic E-state index is 0.0576. The molecule has 2 amide bonds. The molecular weight excluding hydrogens is 492 g/mol. The number of aliphatic imine (C=N–C) groups is 1. The number of unbranched alkanes of at least 4 members (excludes halogenated alkanes) is 2. The highest BCUT2D eigenvalue weighted by Crippen LogP contribution is 2.31. The number of carbonyl (C=O) groups excluding carboxylic acids is 3. The lowest BCUT2D eigenvalue weighted by molar-refractivity contribution is -0.132. The Hall–Kier alpha value is -3.53. The van der Waals surface area contributed by atoms with Gasteiger partial charge in [0.25, 0.3) is 0 Å². The molecule has 37 heavy (non-hydrogen) atoms. The summed E-state index contributed by atoms with van der Waals surface area (Å²) in [6, 6.07) is 7.63. The molecular formula is C27H30N4O5S. The number of allylic oxidation sites excluding steroid dienone is 1. The molecule has 2 saturated heterocycles. The second-order valence-corrected chi connectivity index (χ2v) is 9.88. The van der Waals surface area contributed by atoms with Crippen LogP contribution in [0.25, 0.3) is 0 Å². The van der Waals surface area contributed by atoms with Crippen LogP contribution in [0.5, 0.6) is 0 Å². The first-order chi connectivity index (χ1) is 17.9. The van der Waals surface area contributed by atoms with Crippen LogP contribution < -0.4 is 4.90 Å². The van der Waals surface area contributed by atoms with Gasteiger partial charge in [-0.2, -0.15) is 0 Å². The molecule has 194 valence electrons. The first-order valence-corrected chi connectivity index (χ1v) is 13.1. The highest BCUT2D eigenvalue weighted by Gasteiger charge is 2.38. The van der Waals surface area contributed by atoms with E-state index in [1.165, 1.54) is 0 Å². The average Bonchev–Trinajstić information content (AvgIpc) is 3.36. The van der Waals surface area contributed by atoms with Gasteiger partial charge >= 0.3 is 0 Å². The van der Waals surface area contributed by atoms with Crippen molar-refractivity contribution in [2.45, 2.75) is 32.6 Å². The summed E-state index contributed by atoms with van der Waals surface area (Å²) in [5.74, 6) is 0.796. The summed E-state index contributed by atoms with van der Waals surface area (Å²) in [6.07, 6.45) is 6.30. The third-order valence-corrected chi connectivity index (χ3v) is 7.43. The number of ketones is 1. The van der Waals surface area contributed by atoms with Crippen molar-refractivity contribution in [3.63, 3.8) is 0 Å². The van der Waals surface area contributed by atoms with E-state index in [0.29, 0.717) is 48.8 Å². The zero-order chi connectivity index (χ0) is 25.9. The maximum absolute atomic E-state index is 13.0. The zero-order valence-corrected chi connectivity index (χ0v) is 21.7. The Bertz CT molecular complexity index is 1200. The Morgan fingerprint density at radius 3 is 2.49 bits per heavy atom. The van der Waals surface area contributed by atoms with E-state index in [4.69, 9.17) is 21.7 Å². The molecule has 1 unspecified atom stereocenters. The van der Waals surface area contributed by atoms with E-state index in [2.05, 4.69) is 9.89 Å². The van der Waals surface area contributed by atoms with Crippen LogP contribution in [0.15, 0.2) is 52.9 Å². The second-order valence-electron chi connectivity index (χ2n) is 9.51. The van der Waals surface area contributed by atoms with Crippen molar-refractivity contribution in [3.8, 4) is 0 Å². The lowest BCUT2D eigenvalue weighted by Crippen LogP contribution is -2.48. The zero-order valence-electron chi connectivity index (χ0n) is 20.9. The third-order valence-electron chi connectivity index (χ3n) is 7.12. The quantitative estimate of drug-likeness (QED) is 0.294. The average molecular weight is 523 g/mol. The highest BCUT2D eigenvalue weighted by molar-refractivity contribution is 7.80. The van der Waals surface area contributed by atoms with Crippen LogP contribution in [0, 0.1) is 5.92 Å². The fourth-order valence-electron chi connectivity index (χ4n) is 4.94. The van der Waals surface area contributed by atoms with Crippen LogP contribution in [-0.4, -0.2) is 77.7 Å². The van der Waals surface area contributed by atoms with Gasteiger partial charge in [-0.1, -0.05) is 6.42 Å². The van der Waals surface area contributed by atoms with Crippen LogP contribution in [-0.2, 0) is 19.1 Å². The van der Waals surface area contributed by atoms with Crippen molar-refractivity contribution < 1.29 is 23.9 Å². The number of carbonyl (C=O) groups is 3. The number of hydrogen-bond donors (Lipinski definition) is 0. The van der Waals surface area contributed by atoms with Gasteiger partial charge in [0.2, 0.25) is 23.7 Å². The molecule has 10 heteroatoms. The van der Waals surface area contributed by atoms with Crippen molar-refractivity contribution >= 4 is 46.3 Å². The van der Waals surface area contributed by atoms with E-state index in [9.17, 15) is 14.4 Å². The number of rotatable bonds is 8. The summed E-state index contributed by atoms with van der Waals surface area (Å²) in [5.41, 5.74) is 2.37. The number of fused-ring (bicyclic) bond motifs is 2. The van der Waals surface area contributed by atoms with Gasteiger partial charge < -0.3 is 19.3 Å². The molecule has 0 radical (unpaired) electrons. The minimum atomic E-state index is -0.500. The lowest BCUT2D eigenvalue weighted by atomic mass is 9.93. The number of amides is 2. The van der Waals surface area contributed by atoms with Crippen LogP contribution in [0.1, 0.15) is 43.0 Å². The number of thiocarbonyl (C=S) groups is 1. The number of nitrogens with zero attached hydrogens (tertiary/aromatic N) is 4. The van der Waals surface area contributed by atoms with Gasteiger partial charge in [0, 0.05) is 56.5 Å². The Morgan fingerprint density at radius 2 is 1.76 bits per heavy atom. The Morgan fingerprint density at radius 1 is 1.03 bits per heavy atom. The number of ether oxygens (including phenoxy) is 2. The van der Waals surface area contributed by atoms with Crippen LogP contribution in [0.3, 0.4) is 0 Å². The first-order valence-electron chi connectivity index (χ1n) is 12.7. The predicted molar refractivity (Wildman–Crippen MR) is 142 cm³/mol. The van der Waals surface area contributed by atoms with Gasteiger partial charge in [0.05, 0.1) is 5.71 Å². The van der Waals surface area contributed by atoms with Gasteiger partial charge in [-0.25, -0.2) is 4.99 Å². The summed E-state index contributed by atoms with van der Waals surface area (Å²) in [5, 5.41) is 0.272. The van der Waals surface area contributed by atoms with E-state index in [0.717, 1.165) is 38.0 Å². The largest absolute Gasteiger partial charge is 0.454 e. The molecule has 1 aliphatic carbocycles. The Kier molecular flexibility index (Phi) is 7.36. The van der Waals surface area contributed by atoms with Gasteiger partial charge in [-0.15, -0.1) is 0 Å². The smallest absolute Gasteiger partial charge is 0.241 e. The van der Waals surface area contributed by atoms with Gasteiger partial charge in [-0.05, 0) is 62.3 Å². The monoisotopic (exact) mass is 522 g/mol. The molecule has 1 aromatic rings. The molecule has 2 fully saturated rings. The Labute approximate surface area is 221 Å². The molecule has 0 spiro atoms. The molecule has 9 nitrogen and oxygen atoms in total. The molecule has 1 aromatic carbocycles. The van der Waals surface area contributed by atoms with Crippen LogP contribution in [0.4, 0.5) is 5.69 Å². The van der Waals surface area contributed by atoms with E-state index >= 15 is 0 Å². The molecule has 0 saturated carbocycles. The minimum Gasteiger partial charge on any atom is -0.454 e. The maximum Gasteiger partial charge on any atom is 0.241 e. The summed E-state index contributed by atoms with van der Waals surface area (Å²) in [6.45, 7) is 5.11. The second kappa shape index (κ2) is 10.8. The number of hydrogen-bond acceptors (Lipinski definition) is 7. The molecule has 4 aliphatic rings. The highest BCUT2D eigenvalue weighted by atomic mass is 32.1. The van der Waals surface area contributed by atoms with Gasteiger partial charge in [0.15, 0.2) is 17.3 Å². The third kappa shape index (κ3) is 5.44. The normalized spacial score (nSPS) is 20.8. The van der Waals surface area contributed by atoms with Crippen LogP contribution in [0.2, 0.25) is 0 Å². The number of benzene rings is 1. The standard InChI is InChI=1S/C27H30N4O5S/c1-18(32)19-6-8-20(9-7-19)29-11-13-30(14-12-29)25(33)5-3-2-4-10-31-26(34)21-15-23-24(36-17-35-23)16-22(21)28-27(31)37/h6-9,15-16,21H,2-5,10-14,17H2,1H3. The summed E-state index contributed by atoms with van der Waals surface area (Å²) < 4.78 is 10.8. The fourth-order valence-corrected chi connectivity index (χ4v) is 5.23. The number of anilines is 1. The summed E-state index contributed by atoms with van der Waals surface area (Å²) in [4.78, 5) is 47.4. The van der Waals surface area contributed by atoms with E-state index in [1.807, 2.05) is 29.2 Å². The lowest BCUT2D eigenvalue weighted by Gasteiger charge is -2.36. The molecule has 3 aliphatic heterocycles. The maximum atomic E-state index is 13.0. The van der Waals surface area contributed by atoms with Crippen molar-refractivity contribution in [1.82, 2.24) is 9.80 Å². The Balaban J connectivity index is 1.03. The molecule has 0 bridgehead atoms. The van der Waals surface area contributed by atoms with E-state index < -0.39 is 5.92 Å². The molecule has 3 heterocycles. The molecule has 1 atom stereocenters. The summed E-state index contributed by atoms with van der Waals surface area (Å²) >= 11 is 5.38. The number of piperazine rings is 1. The number of Topliss-reactive ketones (excluding diaryl/α,β-unsaturated/α-hetero) is 1. The topological polar surface area (TPSA) is 91.8 Å². The van der Waals surface area contributed by atoms with Crippen molar-refractivity contribution in [1.29, 1.82) is 0 Å². The van der Waals surface area contributed by atoms with Crippen molar-refractivity contribution in [2.24, 2.45) is 10.9 Å². The van der Waals surface area contributed by atoms with E-state index in [1.54, 1.807) is 24.0 Å². The molecule has 0 aromatic heterocycles. The van der Waals surface area contributed by atoms with Gasteiger partial charge in [-0.3, -0.25) is 19.3 Å². The first kappa shape index (κ1) is 25.1. The predicted octanol–water partition coefficient (Wildman–Crippen LogP) is 3.07. The SMILES string of the molecule is CC(=O)c1ccc(N2CCN(C(=O)CCCCCN3C(=O)C4C=C5OCOC5=CC4=NC3=S)CC2)cc1. The molecule has 5 rings (SSSR count). The van der Waals surface area contributed by atoms with Crippen molar-refractivity contribution in [2.75, 3.05) is 44.4 Å². The van der Waals surface area contributed by atoms with E-state index in [-0.39, 0.29) is 29.5 Å². The summed E-state index contributed by atoms with van der Waals surface area (Å²) in [7, 11) is 0. The fraction of sp³-hybridized carbons (Fsp3) is 0.444. The van der Waals surface area contributed by atoms with Crippen molar-refractivity contribution in [3.05, 3.63) is 53.5 Å².